The molecule has 0 saturated carbocycles. The van der Waals surface area contributed by atoms with E-state index in [1.54, 1.807) is 6.33 Å². The summed E-state index contributed by atoms with van der Waals surface area (Å²) in [4.78, 5) is 21.2. The molecule has 0 amide bonds. The van der Waals surface area contributed by atoms with Gasteiger partial charge < -0.3 is 9.88 Å². The molecule has 0 spiro atoms. The minimum Gasteiger partial charge on any atom is -0.347 e. The Bertz CT molecular complexity index is 607. The highest BCUT2D eigenvalue weighted by atomic mass is 15.2. The van der Waals surface area contributed by atoms with Crippen LogP contribution < -0.4 is 0 Å². The minimum absolute atomic E-state index is 0.375. The summed E-state index contributed by atoms with van der Waals surface area (Å²) < 4.78 is 0. The van der Waals surface area contributed by atoms with Crippen LogP contribution in [-0.2, 0) is 13.1 Å². The third-order valence-corrected chi connectivity index (χ3v) is 4.11. The van der Waals surface area contributed by atoms with Crippen molar-refractivity contribution in [1.29, 1.82) is 0 Å². The van der Waals surface area contributed by atoms with Crippen LogP contribution in [0.15, 0.2) is 18.7 Å². The van der Waals surface area contributed by atoms with Crippen molar-refractivity contribution < 1.29 is 0 Å². The monoisotopic (exact) mass is 300 g/mol. The molecule has 1 saturated heterocycles. The van der Waals surface area contributed by atoms with E-state index in [0.29, 0.717) is 6.04 Å². The second kappa shape index (κ2) is 6.54. The summed E-state index contributed by atoms with van der Waals surface area (Å²) in [6, 6.07) is 0.375. The van der Waals surface area contributed by atoms with Gasteiger partial charge in [0, 0.05) is 36.7 Å². The summed E-state index contributed by atoms with van der Waals surface area (Å²) in [7, 11) is 4.17. The molecule has 1 aliphatic heterocycles. The standard InChI is InChI=1S/C16H24N6/c1-12-18-7-13(9-21(2)3)16(20-12)15-5-4-6-22(15)10-14-8-17-11-19-14/h7-8,11,15H,4-6,9-10H2,1-3H3,(H,17,19)/t15-/m1/s1. The molecule has 6 heteroatoms. The highest BCUT2D eigenvalue weighted by molar-refractivity contribution is 5.22. The lowest BCUT2D eigenvalue weighted by Gasteiger charge is -2.26. The van der Waals surface area contributed by atoms with Gasteiger partial charge in [-0.3, -0.25) is 4.90 Å². The van der Waals surface area contributed by atoms with Crippen LogP contribution in [0, 0.1) is 6.92 Å². The maximum Gasteiger partial charge on any atom is 0.125 e. The lowest BCUT2D eigenvalue weighted by molar-refractivity contribution is 0.238. The molecule has 3 heterocycles. The maximum atomic E-state index is 4.78. The fourth-order valence-electron chi connectivity index (χ4n) is 3.18. The molecule has 0 unspecified atom stereocenters. The highest BCUT2D eigenvalue weighted by Gasteiger charge is 2.29. The number of rotatable bonds is 5. The van der Waals surface area contributed by atoms with Gasteiger partial charge in [-0.2, -0.15) is 0 Å². The lowest BCUT2D eigenvalue weighted by atomic mass is 10.1. The SMILES string of the molecule is Cc1ncc(CN(C)C)c([C@H]2CCCN2Cc2cnc[nH]2)n1. The highest BCUT2D eigenvalue weighted by Crippen LogP contribution is 2.33. The Balaban J connectivity index is 1.86. The van der Waals surface area contributed by atoms with E-state index >= 15 is 0 Å². The topological polar surface area (TPSA) is 60.9 Å². The van der Waals surface area contributed by atoms with Crippen molar-refractivity contribution in [1.82, 2.24) is 29.7 Å². The van der Waals surface area contributed by atoms with Crippen molar-refractivity contribution in [3.8, 4) is 0 Å². The first-order chi connectivity index (χ1) is 10.6. The predicted molar refractivity (Wildman–Crippen MR) is 85.1 cm³/mol. The smallest absolute Gasteiger partial charge is 0.125 e. The van der Waals surface area contributed by atoms with E-state index in [4.69, 9.17) is 4.98 Å². The van der Waals surface area contributed by atoms with Crippen LogP contribution in [-0.4, -0.2) is 50.4 Å². The Kier molecular flexibility index (Phi) is 4.49. The second-order valence-electron chi connectivity index (χ2n) is 6.27. The third kappa shape index (κ3) is 3.34. The number of nitrogens with one attached hydrogen (secondary N) is 1. The number of hydrogen-bond donors (Lipinski definition) is 1. The first-order valence-corrected chi connectivity index (χ1v) is 7.82. The van der Waals surface area contributed by atoms with Gasteiger partial charge in [-0.1, -0.05) is 0 Å². The Morgan fingerprint density at radius 1 is 1.36 bits per heavy atom. The summed E-state index contributed by atoms with van der Waals surface area (Å²) in [6.07, 6.45) is 8.01. The summed E-state index contributed by atoms with van der Waals surface area (Å²) in [5.74, 6) is 0.853. The Hall–Kier alpha value is -1.79. The van der Waals surface area contributed by atoms with Crippen LogP contribution >= 0.6 is 0 Å². The van der Waals surface area contributed by atoms with E-state index < -0.39 is 0 Å². The van der Waals surface area contributed by atoms with Gasteiger partial charge in [0.05, 0.1) is 18.1 Å². The van der Waals surface area contributed by atoms with Crippen molar-refractivity contribution in [2.24, 2.45) is 0 Å². The van der Waals surface area contributed by atoms with Crippen LogP contribution in [0.4, 0.5) is 0 Å². The molecule has 0 bridgehead atoms. The molecule has 1 fully saturated rings. The molecule has 22 heavy (non-hydrogen) atoms. The van der Waals surface area contributed by atoms with E-state index in [9.17, 15) is 0 Å². The third-order valence-electron chi connectivity index (χ3n) is 4.11. The van der Waals surface area contributed by atoms with Crippen molar-refractivity contribution in [3.63, 3.8) is 0 Å². The molecule has 118 valence electrons. The molecule has 1 atom stereocenters. The zero-order valence-corrected chi connectivity index (χ0v) is 13.6. The van der Waals surface area contributed by atoms with Gasteiger partial charge in [-0.05, 0) is 40.4 Å². The van der Waals surface area contributed by atoms with Crippen LogP contribution in [0.2, 0.25) is 0 Å². The van der Waals surface area contributed by atoms with E-state index in [-0.39, 0.29) is 0 Å². The summed E-state index contributed by atoms with van der Waals surface area (Å²) in [6.45, 7) is 4.85. The number of imidazole rings is 1. The molecular formula is C16H24N6. The van der Waals surface area contributed by atoms with Gasteiger partial charge in [0.1, 0.15) is 5.82 Å². The van der Waals surface area contributed by atoms with Crippen molar-refractivity contribution in [2.45, 2.75) is 38.9 Å². The first-order valence-electron chi connectivity index (χ1n) is 7.82. The molecule has 3 rings (SSSR count). The fourth-order valence-corrected chi connectivity index (χ4v) is 3.18. The Morgan fingerprint density at radius 3 is 2.95 bits per heavy atom. The molecule has 2 aromatic heterocycles. The van der Waals surface area contributed by atoms with Crippen LogP contribution in [0.25, 0.3) is 0 Å². The minimum atomic E-state index is 0.375. The molecular weight excluding hydrogens is 276 g/mol. The van der Waals surface area contributed by atoms with Gasteiger partial charge >= 0.3 is 0 Å². The predicted octanol–water partition coefficient (Wildman–Crippen LogP) is 1.91. The van der Waals surface area contributed by atoms with Gasteiger partial charge in [0.15, 0.2) is 0 Å². The molecule has 0 radical (unpaired) electrons. The van der Waals surface area contributed by atoms with Crippen molar-refractivity contribution in [3.05, 3.63) is 41.5 Å². The Labute approximate surface area is 131 Å². The quantitative estimate of drug-likeness (QED) is 0.914. The number of nitrogens with zero attached hydrogens (tertiary/aromatic N) is 5. The van der Waals surface area contributed by atoms with E-state index in [1.807, 2.05) is 19.3 Å². The molecule has 1 aliphatic rings. The lowest BCUT2D eigenvalue weighted by Crippen LogP contribution is -2.26. The number of hydrogen-bond acceptors (Lipinski definition) is 5. The fraction of sp³-hybridized carbons (Fsp3) is 0.562. The van der Waals surface area contributed by atoms with Crippen LogP contribution in [0.3, 0.4) is 0 Å². The Morgan fingerprint density at radius 2 is 2.23 bits per heavy atom. The largest absolute Gasteiger partial charge is 0.347 e. The van der Waals surface area contributed by atoms with Gasteiger partial charge in [-0.15, -0.1) is 0 Å². The molecule has 2 aromatic rings. The first kappa shape index (κ1) is 15.1. The average Bonchev–Trinajstić information content (AvgIpc) is 3.12. The summed E-state index contributed by atoms with van der Waals surface area (Å²) >= 11 is 0. The number of likely N-dealkylation sites (tertiary alicyclic amines) is 1. The van der Waals surface area contributed by atoms with Gasteiger partial charge in [0.25, 0.3) is 0 Å². The average molecular weight is 300 g/mol. The normalized spacial score (nSPS) is 19.2. The van der Waals surface area contributed by atoms with Gasteiger partial charge in [0.2, 0.25) is 0 Å². The van der Waals surface area contributed by atoms with Gasteiger partial charge in [-0.25, -0.2) is 15.0 Å². The van der Waals surface area contributed by atoms with Crippen LogP contribution in [0.5, 0.6) is 0 Å². The second-order valence-corrected chi connectivity index (χ2v) is 6.27. The van der Waals surface area contributed by atoms with E-state index in [1.165, 1.54) is 17.7 Å². The van der Waals surface area contributed by atoms with Crippen molar-refractivity contribution >= 4 is 0 Å². The van der Waals surface area contributed by atoms with E-state index in [0.717, 1.165) is 37.6 Å². The summed E-state index contributed by atoms with van der Waals surface area (Å²) in [5, 5.41) is 0. The van der Waals surface area contributed by atoms with Crippen LogP contribution in [0.1, 0.15) is 41.7 Å². The number of aromatic amines is 1. The summed E-state index contributed by atoms with van der Waals surface area (Å²) in [5.41, 5.74) is 3.59. The zero-order valence-electron chi connectivity index (χ0n) is 13.6. The zero-order chi connectivity index (χ0) is 15.5. The molecule has 0 aliphatic carbocycles. The van der Waals surface area contributed by atoms with E-state index in [2.05, 4.69) is 38.8 Å². The number of H-pyrrole nitrogens is 1. The number of aromatic nitrogens is 4. The molecule has 1 N–H and O–H groups in total. The number of aryl methyl sites for hydroxylation is 1. The molecule has 0 aromatic carbocycles. The molecule has 6 nitrogen and oxygen atoms in total. The maximum absolute atomic E-state index is 4.78. The van der Waals surface area contributed by atoms with Crippen molar-refractivity contribution in [2.75, 3.05) is 20.6 Å².